The van der Waals surface area contributed by atoms with Crippen LogP contribution < -0.4 is 0 Å². The molecular formula is C16H20NO5P. The van der Waals surface area contributed by atoms with E-state index >= 15 is 0 Å². The number of aromatic hydroxyl groups is 1. The van der Waals surface area contributed by atoms with Crippen LogP contribution in [0.1, 0.15) is 31.2 Å². The van der Waals surface area contributed by atoms with Gasteiger partial charge in [0.25, 0.3) is 0 Å². The molecule has 1 aromatic carbocycles. The van der Waals surface area contributed by atoms with E-state index < -0.39 is 7.75 Å². The normalized spacial score (nSPS) is 17.0. The maximum Gasteiger partial charge on any atom is 0.448 e. The van der Waals surface area contributed by atoms with E-state index in [2.05, 4.69) is 4.76 Å². The molecule has 2 rings (SSSR count). The van der Waals surface area contributed by atoms with Crippen molar-refractivity contribution in [3.05, 3.63) is 53.3 Å². The van der Waals surface area contributed by atoms with Crippen LogP contribution in [0, 0.1) is 0 Å². The molecule has 0 atom stereocenters. The standard InChI is InChI=1S/C16H20NO5P/c18-14-7-3-5-12(10-14)4-1-2-6-13-8-9-15(19)11-16(13)17-23(20,21)22/h3,5,7-10,18-19H,1-2,4,6,11H2,(H2,20,21,22). The van der Waals surface area contributed by atoms with Crippen LogP contribution >= 0.6 is 7.75 Å². The molecule has 0 fully saturated rings. The lowest BCUT2D eigenvalue weighted by atomic mass is 9.95. The SMILES string of the molecule is O=P(O)(O)N=C1CC(O)=CC=C1CCCCc1cccc(O)c1. The molecule has 0 spiro atoms. The Labute approximate surface area is 134 Å². The molecule has 1 aliphatic carbocycles. The molecule has 0 amide bonds. The van der Waals surface area contributed by atoms with Crippen molar-refractivity contribution in [3.63, 3.8) is 0 Å². The average Bonchev–Trinajstić information content (AvgIpc) is 2.44. The highest BCUT2D eigenvalue weighted by atomic mass is 31.2. The van der Waals surface area contributed by atoms with Crippen molar-refractivity contribution in [2.45, 2.75) is 32.1 Å². The van der Waals surface area contributed by atoms with Crippen molar-refractivity contribution in [2.24, 2.45) is 4.76 Å². The first-order chi connectivity index (χ1) is 10.8. The molecule has 0 bridgehead atoms. The molecule has 0 unspecified atom stereocenters. The summed E-state index contributed by atoms with van der Waals surface area (Å²) in [7, 11) is -4.51. The van der Waals surface area contributed by atoms with Gasteiger partial charge in [0.1, 0.15) is 5.75 Å². The summed E-state index contributed by atoms with van der Waals surface area (Å²) in [5.74, 6) is 0.287. The molecule has 6 nitrogen and oxygen atoms in total. The van der Waals surface area contributed by atoms with Crippen molar-refractivity contribution >= 4 is 13.5 Å². The van der Waals surface area contributed by atoms with Crippen molar-refractivity contribution < 1.29 is 24.6 Å². The van der Waals surface area contributed by atoms with Gasteiger partial charge in [-0.1, -0.05) is 18.2 Å². The van der Waals surface area contributed by atoms with Gasteiger partial charge in [0.2, 0.25) is 0 Å². The quantitative estimate of drug-likeness (QED) is 0.470. The molecule has 0 aliphatic heterocycles. The van der Waals surface area contributed by atoms with Gasteiger partial charge in [-0.25, -0.2) is 4.57 Å². The Morgan fingerprint density at radius 2 is 1.83 bits per heavy atom. The summed E-state index contributed by atoms with van der Waals surface area (Å²) in [5, 5.41) is 18.9. The highest BCUT2D eigenvalue weighted by Crippen LogP contribution is 2.38. The zero-order chi connectivity index (χ0) is 16.9. The first-order valence-corrected chi connectivity index (χ1v) is 8.91. The van der Waals surface area contributed by atoms with E-state index in [1.54, 1.807) is 24.3 Å². The van der Waals surface area contributed by atoms with Gasteiger partial charge in [-0.05, 0) is 55.0 Å². The monoisotopic (exact) mass is 337 g/mol. The third kappa shape index (κ3) is 6.02. The van der Waals surface area contributed by atoms with Crippen molar-refractivity contribution in [1.29, 1.82) is 0 Å². The van der Waals surface area contributed by atoms with Gasteiger partial charge in [-0.15, -0.1) is 0 Å². The largest absolute Gasteiger partial charge is 0.512 e. The molecule has 4 N–H and O–H groups in total. The lowest BCUT2D eigenvalue weighted by Crippen LogP contribution is -2.09. The molecule has 0 heterocycles. The molecule has 23 heavy (non-hydrogen) atoms. The average molecular weight is 337 g/mol. The molecule has 1 aromatic rings. The Bertz CT molecular complexity index is 702. The van der Waals surface area contributed by atoms with Crippen LogP contribution in [0.5, 0.6) is 5.75 Å². The summed E-state index contributed by atoms with van der Waals surface area (Å²) in [4.78, 5) is 18.0. The first-order valence-electron chi connectivity index (χ1n) is 7.35. The Morgan fingerprint density at radius 3 is 2.52 bits per heavy atom. The number of hydrogen-bond donors (Lipinski definition) is 4. The third-order valence-electron chi connectivity index (χ3n) is 3.52. The van der Waals surface area contributed by atoms with Crippen molar-refractivity contribution in [2.75, 3.05) is 0 Å². The number of allylic oxidation sites excluding steroid dienone is 4. The fraction of sp³-hybridized carbons (Fsp3) is 0.312. The minimum absolute atomic E-state index is 0.0423. The zero-order valence-corrected chi connectivity index (χ0v) is 13.5. The fourth-order valence-corrected chi connectivity index (χ4v) is 2.99. The summed E-state index contributed by atoms with van der Waals surface area (Å²) in [5.41, 5.74) is 2.03. The van der Waals surface area contributed by atoms with Gasteiger partial charge in [0.05, 0.1) is 11.5 Å². The van der Waals surface area contributed by atoms with Gasteiger partial charge >= 0.3 is 7.75 Å². The number of aryl methyl sites for hydroxylation is 1. The predicted octanol–water partition coefficient (Wildman–Crippen LogP) is 3.41. The summed E-state index contributed by atoms with van der Waals surface area (Å²) in [6, 6.07) is 7.09. The summed E-state index contributed by atoms with van der Waals surface area (Å²) in [6.45, 7) is 0. The highest BCUT2D eigenvalue weighted by Gasteiger charge is 2.19. The van der Waals surface area contributed by atoms with Crippen molar-refractivity contribution in [3.8, 4) is 5.75 Å². The minimum atomic E-state index is -4.51. The number of hydrogen-bond acceptors (Lipinski definition) is 3. The number of aliphatic hydroxyl groups is 1. The van der Waals surface area contributed by atoms with Crippen LogP contribution in [0.4, 0.5) is 0 Å². The predicted molar refractivity (Wildman–Crippen MR) is 88.6 cm³/mol. The number of phenolic OH excluding ortho intramolecular Hbond substituents is 1. The second-order valence-electron chi connectivity index (χ2n) is 5.46. The fourth-order valence-electron chi connectivity index (χ4n) is 2.48. The molecule has 0 saturated heterocycles. The van der Waals surface area contributed by atoms with Gasteiger partial charge in [0, 0.05) is 6.42 Å². The Kier molecular flexibility index (Phi) is 5.77. The summed E-state index contributed by atoms with van der Waals surface area (Å²) in [6.07, 6.45) is 6.36. The molecule has 0 aromatic heterocycles. The number of nitrogens with zero attached hydrogens (tertiary/aromatic N) is 1. The molecular weight excluding hydrogens is 317 g/mol. The zero-order valence-electron chi connectivity index (χ0n) is 12.6. The van der Waals surface area contributed by atoms with Gasteiger partial charge in [-0.3, -0.25) is 0 Å². The van der Waals surface area contributed by atoms with Crippen LogP contribution in [0.2, 0.25) is 0 Å². The van der Waals surface area contributed by atoms with E-state index in [9.17, 15) is 14.8 Å². The summed E-state index contributed by atoms with van der Waals surface area (Å²) >= 11 is 0. The van der Waals surface area contributed by atoms with E-state index in [0.717, 1.165) is 30.4 Å². The molecule has 7 heteroatoms. The second kappa shape index (κ2) is 7.59. The lowest BCUT2D eigenvalue weighted by molar-refractivity contribution is 0.374. The van der Waals surface area contributed by atoms with Gasteiger partial charge < -0.3 is 20.0 Å². The number of rotatable bonds is 6. The molecule has 1 aliphatic rings. The van der Waals surface area contributed by atoms with E-state index in [1.165, 1.54) is 6.08 Å². The maximum atomic E-state index is 11.1. The van der Waals surface area contributed by atoms with Crippen LogP contribution in [-0.4, -0.2) is 25.7 Å². The molecule has 0 saturated carbocycles. The van der Waals surface area contributed by atoms with Crippen molar-refractivity contribution in [1.82, 2.24) is 0 Å². The highest BCUT2D eigenvalue weighted by molar-refractivity contribution is 7.50. The smallest absolute Gasteiger partial charge is 0.448 e. The number of phenols is 1. The Hall–Kier alpha value is -1.88. The Balaban J connectivity index is 1.92. The number of benzene rings is 1. The minimum Gasteiger partial charge on any atom is -0.512 e. The van der Waals surface area contributed by atoms with Gasteiger partial charge in [0.15, 0.2) is 0 Å². The molecule has 0 radical (unpaired) electrons. The first kappa shape index (κ1) is 17.5. The van der Waals surface area contributed by atoms with E-state index in [4.69, 9.17) is 9.79 Å². The van der Waals surface area contributed by atoms with Crippen LogP contribution in [0.15, 0.2) is 52.5 Å². The van der Waals surface area contributed by atoms with Crippen LogP contribution in [-0.2, 0) is 11.0 Å². The maximum absolute atomic E-state index is 11.1. The topological polar surface area (TPSA) is 110 Å². The summed E-state index contributed by atoms with van der Waals surface area (Å²) < 4.78 is 14.5. The Morgan fingerprint density at radius 1 is 1.09 bits per heavy atom. The van der Waals surface area contributed by atoms with E-state index in [-0.39, 0.29) is 23.6 Å². The lowest BCUT2D eigenvalue weighted by Gasteiger charge is -2.15. The second-order valence-corrected chi connectivity index (χ2v) is 6.69. The molecule has 124 valence electrons. The van der Waals surface area contributed by atoms with Crippen LogP contribution in [0.25, 0.3) is 0 Å². The van der Waals surface area contributed by atoms with E-state index in [0.29, 0.717) is 6.42 Å². The van der Waals surface area contributed by atoms with E-state index in [1.807, 2.05) is 6.07 Å². The third-order valence-corrected chi connectivity index (χ3v) is 4.02. The number of aliphatic hydroxyl groups excluding tert-OH is 1. The van der Waals surface area contributed by atoms with Crippen LogP contribution in [0.3, 0.4) is 0 Å². The number of unbranched alkanes of at least 4 members (excludes halogenated alkanes) is 1. The van der Waals surface area contributed by atoms with Gasteiger partial charge in [-0.2, -0.15) is 4.76 Å².